The zero-order valence-corrected chi connectivity index (χ0v) is 9.98. The molecule has 0 unspecified atom stereocenters. The van der Waals surface area contributed by atoms with Gasteiger partial charge in [0, 0.05) is 11.4 Å². The molecular formula is C9H10BrN5. The highest BCUT2D eigenvalue weighted by molar-refractivity contribution is 9.10. The van der Waals surface area contributed by atoms with Crippen LogP contribution in [-0.4, -0.2) is 19.7 Å². The predicted octanol–water partition coefficient (Wildman–Crippen LogP) is 1.62. The first-order valence-corrected chi connectivity index (χ1v) is 5.19. The Balaban J connectivity index is 2.58. The maximum atomic E-state index is 5.81. The molecule has 0 fully saturated rings. The molecule has 0 aromatic carbocycles. The van der Waals surface area contributed by atoms with Crippen LogP contribution >= 0.6 is 15.9 Å². The van der Waals surface area contributed by atoms with E-state index in [0.29, 0.717) is 11.8 Å². The van der Waals surface area contributed by atoms with Gasteiger partial charge in [-0.3, -0.25) is 0 Å². The summed E-state index contributed by atoms with van der Waals surface area (Å²) in [7, 11) is 0. The van der Waals surface area contributed by atoms with Crippen molar-refractivity contribution in [3.8, 4) is 5.95 Å². The van der Waals surface area contributed by atoms with E-state index in [1.807, 2.05) is 19.9 Å². The van der Waals surface area contributed by atoms with Crippen molar-refractivity contribution in [2.45, 2.75) is 13.8 Å². The first kappa shape index (κ1) is 10.1. The highest BCUT2D eigenvalue weighted by Crippen LogP contribution is 2.20. The van der Waals surface area contributed by atoms with E-state index < -0.39 is 0 Å². The van der Waals surface area contributed by atoms with Crippen molar-refractivity contribution in [3.63, 3.8) is 0 Å². The number of aryl methyl sites for hydroxylation is 2. The summed E-state index contributed by atoms with van der Waals surface area (Å²) in [6, 6.07) is 1.90. The average molecular weight is 268 g/mol. The highest BCUT2D eigenvalue weighted by atomic mass is 79.9. The maximum Gasteiger partial charge on any atom is 0.252 e. The van der Waals surface area contributed by atoms with Crippen LogP contribution in [0.4, 0.5) is 5.82 Å². The van der Waals surface area contributed by atoms with Crippen molar-refractivity contribution in [1.29, 1.82) is 0 Å². The summed E-state index contributed by atoms with van der Waals surface area (Å²) in [5.74, 6) is 0.996. The number of aromatic nitrogens is 4. The lowest BCUT2D eigenvalue weighted by Gasteiger charge is -2.04. The normalized spacial score (nSPS) is 10.6. The standard InChI is InChI=1S/C9H10BrN5/c1-5-3-6(2)14-9(13-5)15-8(11)7(10)4-12-15/h3-4H,11H2,1-2H3. The second kappa shape index (κ2) is 3.62. The van der Waals surface area contributed by atoms with Gasteiger partial charge in [0.15, 0.2) is 0 Å². The minimum atomic E-state index is 0.496. The van der Waals surface area contributed by atoms with E-state index in [9.17, 15) is 0 Å². The van der Waals surface area contributed by atoms with Gasteiger partial charge in [-0.1, -0.05) is 0 Å². The Morgan fingerprint density at radius 3 is 2.33 bits per heavy atom. The summed E-state index contributed by atoms with van der Waals surface area (Å²) in [5.41, 5.74) is 7.59. The van der Waals surface area contributed by atoms with Crippen LogP contribution in [0, 0.1) is 13.8 Å². The number of nitrogens with two attached hydrogens (primary N) is 1. The minimum absolute atomic E-state index is 0.496. The summed E-state index contributed by atoms with van der Waals surface area (Å²) in [6.45, 7) is 3.82. The lowest BCUT2D eigenvalue weighted by atomic mass is 10.4. The molecule has 0 aliphatic rings. The SMILES string of the molecule is Cc1cc(C)nc(-n2ncc(Br)c2N)n1. The Morgan fingerprint density at radius 2 is 1.87 bits per heavy atom. The van der Waals surface area contributed by atoms with Crippen LogP contribution in [0.1, 0.15) is 11.4 Å². The fraction of sp³-hybridized carbons (Fsp3) is 0.222. The molecule has 0 radical (unpaired) electrons. The third-order valence-electron chi connectivity index (χ3n) is 1.92. The van der Waals surface area contributed by atoms with Gasteiger partial charge in [-0.05, 0) is 35.8 Å². The third-order valence-corrected chi connectivity index (χ3v) is 2.53. The Hall–Kier alpha value is -1.43. The van der Waals surface area contributed by atoms with E-state index in [1.165, 1.54) is 4.68 Å². The van der Waals surface area contributed by atoms with Gasteiger partial charge in [-0.25, -0.2) is 9.97 Å². The van der Waals surface area contributed by atoms with Crippen molar-refractivity contribution >= 4 is 21.7 Å². The van der Waals surface area contributed by atoms with E-state index >= 15 is 0 Å². The zero-order chi connectivity index (χ0) is 11.0. The molecule has 15 heavy (non-hydrogen) atoms. The van der Waals surface area contributed by atoms with Gasteiger partial charge in [0.2, 0.25) is 0 Å². The van der Waals surface area contributed by atoms with Gasteiger partial charge in [0.25, 0.3) is 5.95 Å². The van der Waals surface area contributed by atoms with Crippen LogP contribution in [0.5, 0.6) is 0 Å². The van der Waals surface area contributed by atoms with E-state index in [-0.39, 0.29) is 0 Å². The number of hydrogen-bond donors (Lipinski definition) is 1. The maximum absolute atomic E-state index is 5.81. The molecule has 0 atom stereocenters. The third kappa shape index (κ3) is 1.85. The van der Waals surface area contributed by atoms with Crippen molar-refractivity contribution in [1.82, 2.24) is 19.7 Å². The Morgan fingerprint density at radius 1 is 1.27 bits per heavy atom. The van der Waals surface area contributed by atoms with Crippen LogP contribution < -0.4 is 5.73 Å². The number of anilines is 1. The smallest absolute Gasteiger partial charge is 0.252 e. The van der Waals surface area contributed by atoms with Crippen molar-refractivity contribution in [2.75, 3.05) is 5.73 Å². The quantitative estimate of drug-likeness (QED) is 0.853. The summed E-state index contributed by atoms with van der Waals surface area (Å²) in [6.07, 6.45) is 1.62. The summed E-state index contributed by atoms with van der Waals surface area (Å²) in [4.78, 5) is 8.53. The molecule has 0 spiro atoms. The zero-order valence-electron chi connectivity index (χ0n) is 8.40. The number of nitrogens with zero attached hydrogens (tertiary/aromatic N) is 4. The topological polar surface area (TPSA) is 69.6 Å². The van der Waals surface area contributed by atoms with Gasteiger partial charge < -0.3 is 5.73 Å². The molecule has 5 nitrogen and oxygen atoms in total. The second-order valence-corrected chi connectivity index (χ2v) is 4.09. The molecule has 0 aliphatic carbocycles. The molecule has 2 rings (SSSR count). The average Bonchev–Trinajstić information content (AvgIpc) is 2.46. The van der Waals surface area contributed by atoms with E-state index in [4.69, 9.17) is 5.73 Å². The lowest BCUT2D eigenvalue weighted by Crippen LogP contribution is -2.08. The molecule has 0 bridgehead atoms. The van der Waals surface area contributed by atoms with Gasteiger partial charge in [-0.15, -0.1) is 0 Å². The number of hydrogen-bond acceptors (Lipinski definition) is 4. The Bertz CT molecular complexity index is 485. The molecule has 0 saturated carbocycles. The fourth-order valence-electron chi connectivity index (χ4n) is 1.30. The first-order valence-electron chi connectivity index (χ1n) is 4.39. The largest absolute Gasteiger partial charge is 0.383 e. The van der Waals surface area contributed by atoms with Crippen molar-refractivity contribution in [2.24, 2.45) is 0 Å². The Kier molecular flexibility index (Phi) is 2.44. The highest BCUT2D eigenvalue weighted by Gasteiger charge is 2.09. The monoisotopic (exact) mass is 267 g/mol. The molecule has 6 heteroatoms. The van der Waals surface area contributed by atoms with Crippen LogP contribution in [-0.2, 0) is 0 Å². The minimum Gasteiger partial charge on any atom is -0.383 e. The predicted molar refractivity (Wildman–Crippen MR) is 60.7 cm³/mol. The number of nitrogen functional groups attached to an aromatic ring is 1. The second-order valence-electron chi connectivity index (χ2n) is 3.24. The van der Waals surface area contributed by atoms with E-state index in [2.05, 4.69) is 31.0 Å². The van der Waals surface area contributed by atoms with Gasteiger partial charge in [0.05, 0.1) is 10.7 Å². The molecule has 0 saturated heterocycles. The molecular weight excluding hydrogens is 258 g/mol. The Labute approximate surface area is 95.5 Å². The molecule has 78 valence electrons. The number of halogens is 1. The lowest BCUT2D eigenvalue weighted by molar-refractivity contribution is 0.802. The van der Waals surface area contributed by atoms with Crippen LogP contribution in [0.15, 0.2) is 16.7 Å². The van der Waals surface area contributed by atoms with Crippen molar-refractivity contribution in [3.05, 3.63) is 28.1 Å². The summed E-state index contributed by atoms with van der Waals surface area (Å²) >= 11 is 3.29. The van der Waals surface area contributed by atoms with Gasteiger partial charge in [0.1, 0.15) is 5.82 Å². The van der Waals surface area contributed by atoms with Crippen LogP contribution in [0.3, 0.4) is 0 Å². The summed E-state index contributed by atoms with van der Waals surface area (Å²) in [5, 5.41) is 4.09. The molecule has 2 aromatic heterocycles. The molecule has 0 amide bonds. The molecule has 2 heterocycles. The molecule has 2 aromatic rings. The van der Waals surface area contributed by atoms with Crippen LogP contribution in [0.2, 0.25) is 0 Å². The van der Waals surface area contributed by atoms with E-state index in [0.717, 1.165) is 15.9 Å². The van der Waals surface area contributed by atoms with Gasteiger partial charge >= 0.3 is 0 Å². The van der Waals surface area contributed by atoms with E-state index in [1.54, 1.807) is 6.20 Å². The summed E-state index contributed by atoms with van der Waals surface area (Å²) < 4.78 is 2.25. The number of rotatable bonds is 1. The van der Waals surface area contributed by atoms with Crippen LogP contribution in [0.25, 0.3) is 5.95 Å². The first-order chi connectivity index (χ1) is 7.08. The van der Waals surface area contributed by atoms with Gasteiger partial charge in [-0.2, -0.15) is 9.78 Å². The fourth-order valence-corrected chi connectivity index (χ4v) is 1.56. The molecule has 0 aliphatic heterocycles. The van der Waals surface area contributed by atoms with Crippen molar-refractivity contribution < 1.29 is 0 Å². The molecule has 2 N–H and O–H groups in total.